The first-order valence-electron chi connectivity index (χ1n) is 9.89. The van der Waals surface area contributed by atoms with Gasteiger partial charge in [0.25, 0.3) is 5.91 Å². The van der Waals surface area contributed by atoms with Crippen molar-refractivity contribution in [2.24, 2.45) is 7.05 Å². The minimum atomic E-state index is -0.483. The Hall–Kier alpha value is -3.28. The van der Waals surface area contributed by atoms with Crippen LogP contribution < -0.4 is 4.74 Å². The van der Waals surface area contributed by atoms with Crippen LogP contribution in [-0.2, 0) is 12.6 Å². The number of carbonyl (C=O) groups excluding carboxylic acids is 1. The number of hydrogen-bond donors (Lipinski definition) is 1. The topological polar surface area (TPSA) is 67.6 Å². The molecule has 1 fully saturated rings. The minimum Gasteiger partial charge on any atom is -0.507 e. The second kappa shape index (κ2) is 6.37. The molecule has 29 heavy (non-hydrogen) atoms. The maximum atomic E-state index is 13.0. The third kappa shape index (κ3) is 2.63. The van der Waals surface area contributed by atoms with E-state index >= 15 is 0 Å². The summed E-state index contributed by atoms with van der Waals surface area (Å²) in [5.41, 5.74) is 3.81. The zero-order valence-electron chi connectivity index (χ0n) is 16.6. The maximum Gasteiger partial charge on any atom is 0.257 e. The number of phenolic OH excluding ortho intramolecular Hbond substituents is 1. The number of benzene rings is 2. The molecule has 0 unspecified atom stereocenters. The van der Waals surface area contributed by atoms with Gasteiger partial charge in [-0.05, 0) is 30.7 Å². The van der Waals surface area contributed by atoms with E-state index < -0.39 is 5.60 Å². The van der Waals surface area contributed by atoms with Crippen LogP contribution in [0, 0.1) is 6.92 Å². The number of aromatic nitrogens is 2. The van der Waals surface area contributed by atoms with Crippen molar-refractivity contribution in [2.75, 3.05) is 13.1 Å². The molecular formula is C23H23N3O3. The van der Waals surface area contributed by atoms with Gasteiger partial charge in [0.1, 0.15) is 17.1 Å². The molecule has 2 aromatic carbocycles. The van der Waals surface area contributed by atoms with Crippen LogP contribution in [0.3, 0.4) is 0 Å². The minimum absolute atomic E-state index is 0.0650. The molecule has 6 heteroatoms. The summed E-state index contributed by atoms with van der Waals surface area (Å²) in [6, 6.07) is 13.3. The zero-order valence-corrected chi connectivity index (χ0v) is 16.6. The van der Waals surface area contributed by atoms with Crippen molar-refractivity contribution in [1.29, 1.82) is 0 Å². The summed E-state index contributed by atoms with van der Waals surface area (Å²) < 4.78 is 8.44. The van der Waals surface area contributed by atoms with Gasteiger partial charge < -0.3 is 14.7 Å². The quantitative estimate of drug-likeness (QED) is 0.690. The standard InChI is InChI=1S/C23H23N3O3/c1-15-6-5-8-17(21(15)27)22(28)26-12-10-23(11-13-26)18-14-24-25(2)20(18)16-7-3-4-9-19(16)29-23/h3-9,14,27H,10-13H2,1-2H3. The monoisotopic (exact) mass is 389 g/mol. The number of amides is 1. The highest BCUT2D eigenvalue weighted by atomic mass is 16.5. The van der Waals surface area contributed by atoms with E-state index in [0.717, 1.165) is 22.6 Å². The van der Waals surface area contributed by atoms with E-state index in [4.69, 9.17) is 4.74 Å². The number of hydrogen-bond acceptors (Lipinski definition) is 4. The highest BCUT2D eigenvalue weighted by Crippen LogP contribution is 2.49. The number of aromatic hydroxyl groups is 1. The lowest BCUT2D eigenvalue weighted by molar-refractivity contribution is -0.00179. The van der Waals surface area contributed by atoms with Gasteiger partial charge in [0, 0.05) is 44.1 Å². The number of phenols is 1. The molecule has 3 heterocycles. The molecular weight excluding hydrogens is 366 g/mol. The van der Waals surface area contributed by atoms with Gasteiger partial charge in [0.2, 0.25) is 0 Å². The van der Waals surface area contributed by atoms with E-state index in [1.807, 2.05) is 36.1 Å². The fourth-order valence-corrected chi connectivity index (χ4v) is 4.55. The van der Waals surface area contributed by atoms with Gasteiger partial charge in [0.15, 0.2) is 0 Å². The molecule has 1 aromatic heterocycles. The molecule has 0 radical (unpaired) electrons. The third-order valence-corrected chi connectivity index (χ3v) is 6.20. The van der Waals surface area contributed by atoms with Crippen LogP contribution in [0.4, 0.5) is 0 Å². The molecule has 6 nitrogen and oxygen atoms in total. The first kappa shape index (κ1) is 17.8. The number of aryl methyl sites for hydroxylation is 2. The van der Waals surface area contributed by atoms with Crippen molar-refractivity contribution in [3.05, 3.63) is 65.4 Å². The fraction of sp³-hybridized carbons (Fsp3) is 0.304. The van der Waals surface area contributed by atoms with Crippen LogP contribution in [0.1, 0.15) is 34.3 Å². The summed E-state index contributed by atoms with van der Waals surface area (Å²) in [5.74, 6) is 0.790. The molecule has 3 aromatic rings. The number of ether oxygens (including phenoxy) is 1. The van der Waals surface area contributed by atoms with E-state index in [2.05, 4.69) is 11.2 Å². The molecule has 5 rings (SSSR count). The molecule has 1 saturated heterocycles. The van der Waals surface area contributed by atoms with E-state index in [-0.39, 0.29) is 11.7 Å². The van der Waals surface area contributed by atoms with Crippen LogP contribution in [0.5, 0.6) is 11.5 Å². The molecule has 2 aliphatic heterocycles. The van der Waals surface area contributed by atoms with Gasteiger partial charge in [-0.25, -0.2) is 0 Å². The second-order valence-corrected chi connectivity index (χ2v) is 7.89. The average Bonchev–Trinajstić information content (AvgIpc) is 3.13. The SMILES string of the molecule is Cc1cccc(C(=O)N2CCC3(CC2)Oc2ccccc2-c2c3cnn2C)c1O. The Morgan fingerprint density at radius 1 is 1.14 bits per heavy atom. The average molecular weight is 389 g/mol. The highest BCUT2D eigenvalue weighted by Gasteiger charge is 2.46. The first-order chi connectivity index (χ1) is 14.0. The third-order valence-electron chi connectivity index (χ3n) is 6.20. The number of rotatable bonds is 1. The number of likely N-dealkylation sites (tertiary alicyclic amines) is 1. The fourth-order valence-electron chi connectivity index (χ4n) is 4.55. The van der Waals surface area contributed by atoms with Crippen LogP contribution in [0.2, 0.25) is 0 Å². The Morgan fingerprint density at radius 3 is 2.69 bits per heavy atom. The molecule has 1 amide bonds. The molecule has 0 saturated carbocycles. The Bertz CT molecular complexity index is 1110. The Kier molecular flexibility index (Phi) is 3.91. The summed E-state index contributed by atoms with van der Waals surface area (Å²) in [5, 5.41) is 14.8. The van der Waals surface area contributed by atoms with Gasteiger partial charge in [-0.2, -0.15) is 5.10 Å². The number of para-hydroxylation sites is 2. The Balaban J connectivity index is 1.44. The van der Waals surface area contributed by atoms with E-state index in [0.29, 0.717) is 37.1 Å². The normalized spacial score (nSPS) is 16.8. The van der Waals surface area contributed by atoms with Crippen molar-refractivity contribution in [3.63, 3.8) is 0 Å². The molecule has 0 bridgehead atoms. The van der Waals surface area contributed by atoms with Crippen molar-refractivity contribution >= 4 is 5.91 Å². The zero-order chi connectivity index (χ0) is 20.2. The molecule has 1 spiro atoms. The largest absolute Gasteiger partial charge is 0.507 e. The van der Waals surface area contributed by atoms with Crippen LogP contribution in [0.15, 0.2) is 48.7 Å². The molecule has 2 aliphatic rings. The first-order valence-corrected chi connectivity index (χ1v) is 9.89. The lowest BCUT2D eigenvalue weighted by Gasteiger charge is -2.44. The van der Waals surface area contributed by atoms with E-state index in [1.165, 1.54) is 0 Å². The molecule has 148 valence electrons. The van der Waals surface area contributed by atoms with Crippen LogP contribution >= 0.6 is 0 Å². The number of carbonyl (C=O) groups is 1. The van der Waals surface area contributed by atoms with Crippen molar-refractivity contribution in [1.82, 2.24) is 14.7 Å². The Morgan fingerprint density at radius 2 is 1.90 bits per heavy atom. The maximum absolute atomic E-state index is 13.0. The van der Waals surface area contributed by atoms with Crippen LogP contribution in [-0.4, -0.2) is 38.8 Å². The van der Waals surface area contributed by atoms with Crippen molar-refractivity contribution < 1.29 is 14.6 Å². The van der Waals surface area contributed by atoms with Crippen molar-refractivity contribution in [2.45, 2.75) is 25.4 Å². The highest BCUT2D eigenvalue weighted by molar-refractivity contribution is 5.97. The summed E-state index contributed by atoms with van der Waals surface area (Å²) in [7, 11) is 1.95. The smallest absolute Gasteiger partial charge is 0.257 e. The predicted octanol–water partition coefficient (Wildman–Crippen LogP) is 3.63. The lowest BCUT2D eigenvalue weighted by Crippen LogP contribution is -2.49. The van der Waals surface area contributed by atoms with Gasteiger partial charge in [-0.15, -0.1) is 0 Å². The predicted molar refractivity (Wildman–Crippen MR) is 109 cm³/mol. The van der Waals surface area contributed by atoms with Crippen LogP contribution in [0.25, 0.3) is 11.3 Å². The number of nitrogens with zero attached hydrogens (tertiary/aromatic N) is 3. The lowest BCUT2D eigenvalue weighted by atomic mass is 9.81. The van der Waals surface area contributed by atoms with Gasteiger partial charge >= 0.3 is 0 Å². The molecule has 0 aliphatic carbocycles. The summed E-state index contributed by atoms with van der Waals surface area (Å²) in [4.78, 5) is 14.8. The van der Waals surface area contributed by atoms with Gasteiger partial charge in [-0.3, -0.25) is 9.48 Å². The summed E-state index contributed by atoms with van der Waals surface area (Å²) in [6.07, 6.45) is 3.26. The summed E-state index contributed by atoms with van der Waals surface area (Å²) in [6.45, 7) is 2.92. The van der Waals surface area contributed by atoms with Crippen molar-refractivity contribution in [3.8, 4) is 22.8 Å². The molecule has 1 N–H and O–H groups in total. The van der Waals surface area contributed by atoms with Gasteiger partial charge in [-0.1, -0.05) is 24.3 Å². The Labute approximate surface area is 169 Å². The molecule has 0 atom stereocenters. The number of fused-ring (bicyclic) bond motifs is 4. The number of piperidine rings is 1. The van der Waals surface area contributed by atoms with E-state index in [9.17, 15) is 9.90 Å². The second-order valence-electron chi connectivity index (χ2n) is 7.89. The van der Waals surface area contributed by atoms with E-state index in [1.54, 1.807) is 30.0 Å². The summed E-state index contributed by atoms with van der Waals surface area (Å²) >= 11 is 0. The van der Waals surface area contributed by atoms with Gasteiger partial charge in [0.05, 0.1) is 17.5 Å².